The Hall–Kier alpha value is -11.1. The smallest absolute Gasteiger partial charge is 0.252 e. The first kappa shape index (κ1) is 62.1. The van der Waals surface area contributed by atoms with Crippen molar-refractivity contribution in [2.75, 3.05) is 0 Å². The van der Waals surface area contributed by atoms with Crippen LogP contribution in [0.5, 0.6) is 0 Å². The molecule has 13 aromatic carbocycles. The molecule has 2 aliphatic heterocycles. The van der Waals surface area contributed by atoms with Gasteiger partial charge in [-0.05, 0) is 170 Å². The summed E-state index contributed by atoms with van der Waals surface area (Å²) >= 11 is 0. The molecule has 4 nitrogen and oxygen atoms in total. The second-order valence-corrected chi connectivity index (χ2v) is 32.6. The first-order chi connectivity index (χ1) is 48.6. The van der Waals surface area contributed by atoms with Gasteiger partial charge in [-0.15, -0.1) is 0 Å². The van der Waals surface area contributed by atoms with Gasteiger partial charge >= 0.3 is 0 Å². The van der Waals surface area contributed by atoms with Crippen LogP contribution in [0.3, 0.4) is 0 Å². The highest BCUT2D eigenvalue weighted by atomic mass is 15.0. The molecule has 0 radical (unpaired) electrons. The van der Waals surface area contributed by atoms with E-state index in [1.54, 1.807) is 0 Å². The van der Waals surface area contributed by atoms with Gasteiger partial charge < -0.3 is 9.13 Å². The molecule has 5 heteroatoms. The summed E-state index contributed by atoms with van der Waals surface area (Å²) in [5.74, 6) is 0.690. The lowest BCUT2D eigenvalue weighted by Gasteiger charge is -2.35. The second kappa shape index (κ2) is 22.7. The van der Waals surface area contributed by atoms with E-state index >= 15 is 0 Å². The summed E-state index contributed by atoms with van der Waals surface area (Å²) in [5, 5.41) is 5.97. The molecule has 5 heterocycles. The van der Waals surface area contributed by atoms with Crippen LogP contribution in [-0.4, -0.2) is 25.8 Å². The average molecular weight is 1300 g/mol. The molecular weight excluding hydrogens is 1220 g/mol. The number of hydrogen-bond donors (Lipinski definition) is 0. The molecule has 0 fully saturated rings. The Morgan fingerprint density at radius 3 is 1.04 bits per heavy atom. The van der Waals surface area contributed by atoms with E-state index in [9.17, 15) is 0 Å². The molecule has 0 N–H and O–H groups in total. The first-order valence-corrected chi connectivity index (χ1v) is 36.0. The molecule has 0 spiro atoms. The third-order valence-electron chi connectivity index (χ3n) is 21.9. The van der Waals surface area contributed by atoms with Gasteiger partial charge in [0.2, 0.25) is 0 Å². The molecule has 488 valence electrons. The zero-order chi connectivity index (χ0) is 69.2. The molecule has 16 aromatic rings. The summed E-state index contributed by atoms with van der Waals surface area (Å²) in [6.45, 7) is 28.1. The predicted octanol–water partition coefficient (Wildman–Crippen LogP) is 23.5. The minimum Gasteiger partial charge on any atom is -0.310 e. The normalized spacial score (nSPS) is 12.9. The van der Waals surface area contributed by atoms with Crippen LogP contribution in [0.1, 0.15) is 105 Å². The minimum atomic E-state index is -0.211. The summed E-state index contributed by atoms with van der Waals surface area (Å²) in [7, 11) is 0. The lowest BCUT2D eigenvalue weighted by molar-refractivity contribution is 0.568. The molecule has 0 amide bonds. The van der Waals surface area contributed by atoms with Crippen LogP contribution in [0.25, 0.3) is 155 Å². The molecule has 2 aliphatic rings. The van der Waals surface area contributed by atoms with Gasteiger partial charge in [0.25, 0.3) is 6.71 Å². The fourth-order valence-corrected chi connectivity index (χ4v) is 16.5. The molecular formula is C96H81BN4. The SMILES string of the molecule is CC(C)(C)c1cc(-c2ccc3c4c2c2c(-c5ccccc5)cc(-c5ccccc5)cc2n4-c2cc(-c4nc(-c5ccccc5)nc5ccccc45)cc4c2B3c2ccc(-c3cc(C(C)(C)C)cc(C(C)(C)C)c3)c3c5c(-c6ccccc6)cc(-c6ccccc6)cc5n-4c23)cc(C(C)(C)C)c1. The van der Waals surface area contributed by atoms with Gasteiger partial charge in [0.1, 0.15) is 0 Å². The van der Waals surface area contributed by atoms with Crippen LogP contribution in [-0.2, 0) is 21.7 Å². The molecule has 0 saturated carbocycles. The maximum absolute atomic E-state index is 5.79. The van der Waals surface area contributed by atoms with Crippen molar-refractivity contribution < 1.29 is 0 Å². The van der Waals surface area contributed by atoms with Gasteiger partial charge in [0, 0.05) is 49.4 Å². The Kier molecular flexibility index (Phi) is 14.0. The third kappa shape index (κ3) is 10.1. The second-order valence-electron chi connectivity index (χ2n) is 32.6. The highest BCUT2D eigenvalue weighted by Crippen LogP contribution is 2.52. The molecule has 0 aliphatic carbocycles. The van der Waals surface area contributed by atoms with Crippen molar-refractivity contribution in [2.45, 2.75) is 105 Å². The Labute approximate surface area is 593 Å². The summed E-state index contributed by atoms with van der Waals surface area (Å²) in [6, 6.07) is 104. The van der Waals surface area contributed by atoms with E-state index in [1.807, 2.05) is 0 Å². The van der Waals surface area contributed by atoms with E-state index < -0.39 is 0 Å². The number of para-hydroxylation sites is 1. The maximum atomic E-state index is 5.79. The Balaban J connectivity index is 1.08. The molecule has 0 unspecified atom stereocenters. The van der Waals surface area contributed by atoms with Crippen LogP contribution in [0.2, 0.25) is 0 Å². The zero-order valence-corrected chi connectivity index (χ0v) is 59.8. The van der Waals surface area contributed by atoms with E-state index in [0.717, 1.165) is 61.3 Å². The number of nitrogens with zero attached hydrogens (tertiary/aromatic N) is 4. The van der Waals surface area contributed by atoms with Gasteiger partial charge in [-0.1, -0.05) is 314 Å². The van der Waals surface area contributed by atoms with Crippen molar-refractivity contribution in [2.24, 2.45) is 0 Å². The highest BCUT2D eigenvalue weighted by Gasteiger charge is 2.44. The Morgan fingerprint density at radius 2 is 0.644 bits per heavy atom. The molecule has 3 aromatic heterocycles. The van der Waals surface area contributed by atoms with Crippen LogP contribution < -0.4 is 16.4 Å². The van der Waals surface area contributed by atoms with E-state index in [-0.39, 0.29) is 28.4 Å². The van der Waals surface area contributed by atoms with Gasteiger partial charge in [-0.25, -0.2) is 9.97 Å². The number of benzene rings is 13. The van der Waals surface area contributed by atoms with Crippen LogP contribution >= 0.6 is 0 Å². The van der Waals surface area contributed by atoms with Crippen molar-refractivity contribution in [1.29, 1.82) is 0 Å². The van der Waals surface area contributed by atoms with E-state index in [0.29, 0.717) is 5.82 Å². The van der Waals surface area contributed by atoms with Crippen LogP contribution in [0.15, 0.2) is 273 Å². The molecule has 101 heavy (non-hydrogen) atoms. The van der Waals surface area contributed by atoms with Crippen LogP contribution in [0, 0.1) is 0 Å². The Morgan fingerprint density at radius 1 is 0.277 bits per heavy atom. The zero-order valence-electron chi connectivity index (χ0n) is 59.8. The van der Waals surface area contributed by atoms with Crippen molar-refractivity contribution in [1.82, 2.24) is 19.1 Å². The van der Waals surface area contributed by atoms with E-state index in [2.05, 4.69) is 365 Å². The molecule has 0 atom stereocenters. The molecule has 18 rings (SSSR count). The molecule has 0 saturated heterocycles. The fourth-order valence-electron chi connectivity index (χ4n) is 16.5. The van der Waals surface area contributed by atoms with Crippen molar-refractivity contribution in [3.63, 3.8) is 0 Å². The van der Waals surface area contributed by atoms with Crippen molar-refractivity contribution in [3.05, 3.63) is 295 Å². The largest absolute Gasteiger partial charge is 0.310 e. The van der Waals surface area contributed by atoms with Crippen molar-refractivity contribution in [3.8, 4) is 101 Å². The van der Waals surface area contributed by atoms with Gasteiger partial charge in [0.05, 0.1) is 33.3 Å². The summed E-state index contributed by atoms with van der Waals surface area (Å²) < 4.78 is 5.42. The number of rotatable bonds is 8. The van der Waals surface area contributed by atoms with E-state index in [1.165, 1.54) is 127 Å². The van der Waals surface area contributed by atoms with Gasteiger partial charge in [-0.2, -0.15) is 0 Å². The predicted molar refractivity (Wildman–Crippen MR) is 431 cm³/mol. The molecule has 0 bridgehead atoms. The number of hydrogen-bond acceptors (Lipinski definition) is 2. The summed E-state index contributed by atoms with van der Waals surface area (Å²) in [5.41, 5.74) is 33.8. The minimum absolute atomic E-state index is 0.117. The quantitative estimate of drug-likeness (QED) is 0.142. The monoisotopic (exact) mass is 1300 g/mol. The number of fused-ring (bicyclic) bond motifs is 11. The average Bonchev–Trinajstić information content (AvgIpc) is 1.52. The third-order valence-corrected chi connectivity index (χ3v) is 21.9. The summed E-state index contributed by atoms with van der Waals surface area (Å²) in [6.07, 6.45) is 0. The van der Waals surface area contributed by atoms with Gasteiger partial charge in [0.15, 0.2) is 5.82 Å². The fraction of sp³-hybridized carbons (Fsp3) is 0.167. The first-order valence-electron chi connectivity index (χ1n) is 36.0. The van der Waals surface area contributed by atoms with E-state index in [4.69, 9.17) is 9.97 Å². The highest BCUT2D eigenvalue weighted by molar-refractivity contribution is 7.00. The lowest BCUT2D eigenvalue weighted by Crippen LogP contribution is -2.59. The van der Waals surface area contributed by atoms with Crippen LogP contribution in [0.4, 0.5) is 0 Å². The topological polar surface area (TPSA) is 35.6 Å². The Bertz CT molecular complexity index is 5700. The number of aromatic nitrogens is 4. The maximum Gasteiger partial charge on any atom is 0.252 e. The standard InChI is InChI=1S/C96H81BN4/c1-93(2,3)68-46-65(47-69(56-68)94(4,5)6)72-42-44-77-90-86(72)84-75(60-34-22-15-23-35-60)50-63(58-30-18-13-19-31-58)52-80(84)100(90)82-54-67(89-74-40-28-29-41-79(74)98-92(99-89)62-38-26-17-27-39-62)55-83-88(82)97(77)78-45-43-73(66-48-70(95(7,8)9)57-71(49-66)96(10,11)12)87-85-76(61-36-24-16-25-37-61)51-64(59-32-20-14-21-33-59)53-81(85)101(83)91(78)87/h13-57H,1-12H3. The summed E-state index contributed by atoms with van der Waals surface area (Å²) in [4.78, 5) is 11.2. The van der Waals surface area contributed by atoms with Crippen molar-refractivity contribution >= 4 is 77.6 Å². The van der Waals surface area contributed by atoms with Gasteiger partial charge in [-0.3, -0.25) is 0 Å². The lowest BCUT2D eigenvalue weighted by atomic mass is 9.34.